The first kappa shape index (κ1) is 32.1. The first-order valence-electron chi connectivity index (χ1n) is 20.0. The Kier molecular flexibility index (Phi) is 6.66. The van der Waals surface area contributed by atoms with Crippen molar-refractivity contribution < 1.29 is 4.42 Å². The maximum atomic E-state index is 6.20. The standard InChI is InChI=1S/C54H32N4O/c1-2-14-35(15-3-1)57-47-23-11-8-18-38(47)45-32-42(36-16-4-5-20-40(36)53(45)57)33-26-28-49-43(30-33)37-17-7-12-24-48(37)58(49)54-55-46-22-10-6-21-41(46)52(56-54)34-27-29-51-44(31-34)39-19-9-13-25-50(39)59-51/h1-32H. The minimum Gasteiger partial charge on any atom is -0.456 e. The van der Waals surface area contributed by atoms with Gasteiger partial charge in [0, 0.05) is 54.3 Å². The van der Waals surface area contributed by atoms with Gasteiger partial charge in [-0.2, -0.15) is 0 Å². The molecule has 5 nitrogen and oxygen atoms in total. The molecule has 0 unspecified atom stereocenters. The number of aromatic nitrogens is 4. The van der Waals surface area contributed by atoms with Crippen LogP contribution >= 0.6 is 0 Å². The summed E-state index contributed by atoms with van der Waals surface area (Å²) in [5.41, 5.74) is 12.6. The molecule has 4 aromatic heterocycles. The monoisotopic (exact) mass is 752 g/mol. The van der Waals surface area contributed by atoms with Crippen molar-refractivity contribution >= 4 is 87.2 Å². The van der Waals surface area contributed by atoms with Crippen molar-refractivity contribution in [1.29, 1.82) is 0 Å². The molecule has 0 fully saturated rings. The number of rotatable bonds is 4. The lowest BCUT2D eigenvalue weighted by Crippen LogP contribution is -2.03. The molecule has 274 valence electrons. The predicted octanol–water partition coefficient (Wildman–Crippen LogP) is 14.2. The average Bonchev–Trinajstić information content (AvgIpc) is 3.96. The summed E-state index contributed by atoms with van der Waals surface area (Å²) in [7, 11) is 0. The van der Waals surface area contributed by atoms with Crippen molar-refractivity contribution in [2.24, 2.45) is 0 Å². The van der Waals surface area contributed by atoms with E-state index in [1.165, 1.54) is 38.1 Å². The molecule has 0 N–H and O–H groups in total. The SMILES string of the molecule is c1ccc(-n2c3ccccc3c3cc(-c4ccc5c(c4)c4ccccc4n5-c4nc(-c5ccc6oc7ccccc7c6c5)c5ccccc5n4)c4ccccc4c32)cc1. The van der Waals surface area contributed by atoms with E-state index < -0.39 is 0 Å². The number of hydrogen-bond donors (Lipinski definition) is 0. The van der Waals surface area contributed by atoms with Gasteiger partial charge >= 0.3 is 0 Å². The van der Waals surface area contributed by atoms with Crippen molar-refractivity contribution in [3.05, 3.63) is 194 Å². The number of furan rings is 1. The zero-order chi connectivity index (χ0) is 38.6. The molecule has 9 aromatic carbocycles. The zero-order valence-corrected chi connectivity index (χ0v) is 31.7. The van der Waals surface area contributed by atoms with Crippen LogP contribution in [0, 0.1) is 0 Å². The quantitative estimate of drug-likeness (QED) is 0.180. The van der Waals surface area contributed by atoms with Crippen LogP contribution in [0.15, 0.2) is 199 Å². The molecule has 0 aliphatic carbocycles. The van der Waals surface area contributed by atoms with Gasteiger partial charge in [-0.3, -0.25) is 4.57 Å². The molecule has 13 rings (SSSR count). The average molecular weight is 753 g/mol. The summed E-state index contributed by atoms with van der Waals surface area (Å²) in [5, 5.41) is 10.4. The second kappa shape index (κ2) is 12.2. The van der Waals surface area contributed by atoms with Gasteiger partial charge in [0.05, 0.1) is 33.3 Å². The largest absolute Gasteiger partial charge is 0.456 e. The molecule has 0 aliphatic rings. The molecule has 0 saturated carbocycles. The number of fused-ring (bicyclic) bond motifs is 12. The van der Waals surface area contributed by atoms with Gasteiger partial charge in [0.25, 0.3) is 0 Å². The lowest BCUT2D eigenvalue weighted by Gasteiger charge is -2.13. The fourth-order valence-corrected chi connectivity index (χ4v) is 9.52. The van der Waals surface area contributed by atoms with Crippen LogP contribution in [0.4, 0.5) is 0 Å². The second-order valence-corrected chi connectivity index (χ2v) is 15.3. The second-order valence-electron chi connectivity index (χ2n) is 15.3. The number of nitrogens with zero attached hydrogens (tertiary/aromatic N) is 4. The Morgan fingerprint density at radius 3 is 1.78 bits per heavy atom. The normalized spacial score (nSPS) is 12.1. The molecule has 0 aliphatic heterocycles. The third-order valence-corrected chi connectivity index (χ3v) is 12.1. The van der Waals surface area contributed by atoms with Gasteiger partial charge in [0.1, 0.15) is 11.2 Å². The summed E-state index contributed by atoms with van der Waals surface area (Å²) in [6.45, 7) is 0. The van der Waals surface area contributed by atoms with Gasteiger partial charge in [-0.05, 0) is 89.3 Å². The summed E-state index contributed by atoms with van der Waals surface area (Å²) in [5.74, 6) is 0.635. The highest BCUT2D eigenvalue weighted by Crippen LogP contribution is 2.43. The van der Waals surface area contributed by atoms with Crippen LogP contribution in [-0.2, 0) is 0 Å². The van der Waals surface area contributed by atoms with Crippen molar-refractivity contribution in [3.8, 4) is 34.0 Å². The van der Waals surface area contributed by atoms with E-state index in [0.717, 1.165) is 77.2 Å². The van der Waals surface area contributed by atoms with Crippen LogP contribution in [0.3, 0.4) is 0 Å². The maximum absolute atomic E-state index is 6.20. The minimum atomic E-state index is 0.635. The first-order valence-corrected chi connectivity index (χ1v) is 20.0. The highest BCUT2D eigenvalue weighted by atomic mass is 16.3. The molecule has 0 spiro atoms. The van der Waals surface area contributed by atoms with Crippen LogP contribution in [0.5, 0.6) is 0 Å². The summed E-state index contributed by atoms with van der Waals surface area (Å²) >= 11 is 0. The highest BCUT2D eigenvalue weighted by Gasteiger charge is 2.21. The van der Waals surface area contributed by atoms with Gasteiger partial charge in [0.2, 0.25) is 5.95 Å². The van der Waals surface area contributed by atoms with E-state index in [1.54, 1.807) is 0 Å². The summed E-state index contributed by atoms with van der Waals surface area (Å²) in [6, 6.07) is 69.1. The van der Waals surface area contributed by atoms with Crippen molar-refractivity contribution in [1.82, 2.24) is 19.1 Å². The fourth-order valence-electron chi connectivity index (χ4n) is 9.52. The number of para-hydroxylation sites is 5. The summed E-state index contributed by atoms with van der Waals surface area (Å²) in [4.78, 5) is 10.7. The van der Waals surface area contributed by atoms with Crippen LogP contribution in [0.1, 0.15) is 0 Å². The molecule has 0 saturated heterocycles. The van der Waals surface area contributed by atoms with Gasteiger partial charge in [-0.1, -0.05) is 121 Å². The molecule has 0 bridgehead atoms. The van der Waals surface area contributed by atoms with Crippen molar-refractivity contribution in [3.63, 3.8) is 0 Å². The Labute approximate surface area is 337 Å². The molecule has 0 radical (unpaired) electrons. The number of hydrogen-bond acceptors (Lipinski definition) is 3. The summed E-state index contributed by atoms with van der Waals surface area (Å²) < 4.78 is 10.8. The number of benzene rings is 9. The van der Waals surface area contributed by atoms with Crippen LogP contribution in [0.2, 0.25) is 0 Å². The van der Waals surface area contributed by atoms with Gasteiger partial charge in [0.15, 0.2) is 0 Å². The fraction of sp³-hybridized carbons (Fsp3) is 0. The molecular formula is C54H32N4O. The molecule has 59 heavy (non-hydrogen) atoms. The minimum absolute atomic E-state index is 0.635. The van der Waals surface area contributed by atoms with Crippen LogP contribution in [-0.4, -0.2) is 19.1 Å². The first-order chi connectivity index (χ1) is 29.3. The summed E-state index contributed by atoms with van der Waals surface area (Å²) in [6.07, 6.45) is 0. The molecular weight excluding hydrogens is 721 g/mol. The van der Waals surface area contributed by atoms with E-state index in [-0.39, 0.29) is 0 Å². The molecule has 13 aromatic rings. The molecule has 0 atom stereocenters. The Morgan fingerprint density at radius 1 is 0.356 bits per heavy atom. The van der Waals surface area contributed by atoms with E-state index in [9.17, 15) is 0 Å². The van der Waals surface area contributed by atoms with E-state index >= 15 is 0 Å². The van der Waals surface area contributed by atoms with E-state index in [0.29, 0.717) is 5.95 Å². The third-order valence-electron chi connectivity index (χ3n) is 12.1. The van der Waals surface area contributed by atoms with E-state index in [4.69, 9.17) is 14.4 Å². The maximum Gasteiger partial charge on any atom is 0.235 e. The Morgan fingerprint density at radius 2 is 0.949 bits per heavy atom. The van der Waals surface area contributed by atoms with Crippen LogP contribution < -0.4 is 0 Å². The Bertz CT molecular complexity index is 3850. The van der Waals surface area contributed by atoms with Gasteiger partial charge < -0.3 is 8.98 Å². The Balaban J connectivity index is 1.05. The van der Waals surface area contributed by atoms with Crippen LogP contribution in [0.25, 0.3) is 121 Å². The zero-order valence-electron chi connectivity index (χ0n) is 31.7. The smallest absolute Gasteiger partial charge is 0.235 e. The van der Waals surface area contributed by atoms with Gasteiger partial charge in [-0.15, -0.1) is 0 Å². The molecule has 4 heterocycles. The Hall–Kier alpha value is -8.02. The predicted molar refractivity (Wildman–Crippen MR) is 244 cm³/mol. The van der Waals surface area contributed by atoms with E-state index in [2.05, 4.69) is 185 Å². The lowest BCUT2D eigenvalue weighted by molar-refractivity contribution is 0.669. The molecule has 0 amide bonds. The van der Waals surface area contributed by atoms with Crippen molar-refractivity contribution in [2.45, 2.75) is 0 Å². The van der Waals surface area contributed by atoms with E-state index in [1.807, 2.05) is 18.2 Å². The molecule has 5 heteroatoms. The van der Waals surface area contributed by atoms with Crippen molar-refractivity contribution in [2.75, 3.05) is 0 Å². The van der Waals surface area contributed by atoms with Gasteiger partial charge in [-0.25, -0.2) is 9.97 Å². The topological polar surface area (TPSA) is 48.8 Å². The lowest BCUT2D eigenvalue weighted by atomic mass is 9.94. The highest BCUT2D eigenvalue weighted by molar-refractivity contribution is 6.22. The third kappa shape index (κ3) is 4.67.